The second kappa shape index (κ2) is 40.5. The Kier molecular flexibility index (Phi) is 38.0. The quantitative estimate of drug-likeness (QED) is 0.0295. The summed E-state index contributed by atoms with van der Waals surface area (Å²) in [4.78, 5) is 36.3. The van der Waals surface area contributed by atoms with Crippen LogP contribution in [0.25, 0.3) is 0 Å². The van der Waals surface area contributed by atoms with Crippen LogP contribution in [0.3, 0.4) is 0 Å². The summed E-state index contributed by atoms with van der Waals surface area (Å²) in [5.74, 6) is -0.821. The van der Waals surface area contributed by atoms with E-state index in [4.69, 9.17) is 23.3 Å². The Morgan fingerprint density at radius 1 is 0.524 bits per heavy atom. The Balaban J connectivity index is 2.49. The zero-order valence-electron chi connectivity index (χ0n) is 41.3. The van der Waals surface area contributed by atoms with E-state index in [1.165, 1.54) is 148 Å². The molecule has 1 rings (SSSR count). The number of unbranched alkanes of at least 4 members (excludes halogenated alkanes) is 28. The molecular formula is C52H97NO9P+. The fourth-order valence-electron chi connectivity index (χ4n) is 7.85. The third kappa shape index (κ3) is 40.2. The van der Waals surface area contributed by atoms with Crippen molar-refractivity contribution in [3.63, 3.8) is 0 Å². The van der Waals surface area contributed by atoms with E-state index in [0.29, 0.717) is 24.1 Å². The third-order valence-electron chi connectivity index (χ3n) is 11.6. The topological polar surface area (TPSA) is 118 Å². The van der Waals surface area contributed by atoms with Crippen molar-refractivity contribution < 1.29 is 46.8 Å². The molecule has 368 valence electrons. The summed E-state index contributed by atoms with van der Waals surface area (Å²) in [6.45, 7) is 4.50. The minimum absolute atomic E-state index is 0.173. The van der Waals surface area contributed by atoms with Gasteiger partial charge in [-0.1, -0.05) is 224 Å². The highest BCUT2D eigenvalue weighted by Gasteiger charge is 2.29. The Morgan fingerprint density at radius 3 is 1.29 bits per heavy atom. The van der Waals surface area contributed by atoms with E-state index in [1.807, 2.05) is 51.5 Å². The number of hydrogen-bond acceptors (Lipinski definition) is 8. The number of carbonyl (C=O) groups excluding carboxylic acids is 2. The first kappa shape index (κ1) is 59.2. The molecule has 0 saturated heterocycles. The van der Waals surface area contributed by atoms with Crippen LogP contribution in [0.5, 0.6) is 0 Å². The Labute approximate surface area is 386 Å². The van der Waals surface area contributed by atoms with Crippen LogP contribution in [-0.4, -0.2) is 81.0 Å². The monoisotopic (exact) mass is 911 g/mol. The van der Waals surface area contributed by atoms with Crippen molar-refractivity contribution in [2.24, 2.45) is 0 Å². The lowest BCUT2D eigenvalue weighted by molar-refractivity contribution is -0.873. The van der Waals surface area contributed by atoms with E-state index >= 15 is 0 Å². The number of nitrogens with zero attached hydrogens (tertiary/aromatic N) is 1. The number of likely N-dealkylation sites (N-methyl/N-ethyl adjacent to an activating group) is 1. The molecule has 0 spiro atoms. The summed E-state index contributed by atoms with van der Waals surface area (Å²) < 4.78 is 41.7. The number of hydrogen-bond donors (Lipinski definition) is 1. The van der Waals surface area contributed by atoms with Crippen LogP contribution < -0.4 is 0 Å². The molecule has 0 bridgehead atoms. The fourth-order valence-corrected chi connectivity index (χ4v) is 8.63. The van der Waals surface area contributed by atoms with Gasteiger partial charge in [-0.2, -0.15) is 0 Å². The molecule has 0 aromatic heterocycles. The molecule has 3 atom stereocenters. The van der Waals surface area contributed by atoms with Crippen molar-refractivity contribution in [3.8, 4) is 0 Å². The van der Waals surface area contributed by atoms with E-state index in [0.717, 1.165) is 44.1 Å². The minimum Gasteiger partial charge on any atom is -0.462 e. The van der Waals surface area contributed by atoms with Gasteiger partial charge in [-0.25, -0.2) is 4.57 Å². The number of phosphoric acid groups is 1. The molecule has 0 heterocycles. The van der Waals surface area contributed by atoms with Gasteiger partial charge in [-0.3, -0.25) is 18.6 Å². The summed E-state index contributed by atoms with van der Waals surface area (Å²) in [7, 11) is 1.45. The number of esters is 2. The molecule has 11 heteroatoms. The van der Waals surface area contributed by atoms with Gasteiger partial charge in [0.15, 0.2) is 6.10 Å². The van der Waals surface area contributed by atoms with Crippen molar-refractivity contribution in [2.45, 2.75) is 238 Å². The van der Waals surface area contributed by atoms with E-state index in [-0.39, 0.29) is 32.0 Å². The lowest BCUT2D eigenvalue weighted by Gasteiger charge is -2.29. The molecule has 0 aliphatic rings. The number of ether oxygens (including phenoxy) is 3. The maximum atomic E-state index is 13.1. The molecule has 1 N–H and O–H groups in total. The summed E-state index contributed by atoms with van der Waals surface area (Å²) in [6, 6.07) is 9.71. The molecule has 0 aliphatic carbocycles. The van der Waals surface area contributed by atoms with Crippen LogP contribution in [0.1, 0.15) is 225 Å². The molecule has 0 aliphatic heterocycles. The highest BCUT2D eigenvalue weighted by atomic mass is 31.2. The van der Waals surface area contributed by atoms with Gasteiger partial charge in [0.1, 0.15) is 19.3 Å². The smallest absolute Gasteiger partial charge is 0.462 e. The zero-order chi connectivity index (χ0) is 46.1. The van der Waals surface area contributed by atoms with Gasteiger partial charge in [-0.05, 0) is 18.4 Å². The van der Waals surface area contributed by atoms with Crippen LogP contribution in [0.2, 0.25) is 0 Å². The lowest BCUT2D eigenvalue weighted by atomic mass is 10.0. The SMILES string of the molecule is CCCCCCCCCCCCCCCCCC(=O)OCC(COP(=O)(O)OCC(C[N+](C)(C)C)OCc1ccccc1)OC(=O)CCCCCCCCCCCCCCCCC. The maximum Gasteiger partial charge on any atom is 0.472 e. The Morgan fingerprint density at radius 2 is 0.889 bits per heavy atom. The molecule has 0 saturated carbocycles. The maximum absolute atomic E-state index is 13.1. The molecule has 1 aromatic rings. The number of benzene rings is 1. The van der Waals surface area contributed by atoms with Crippen LogP contribution >= 0.6 is 7.82 Å². The summed E-state index contributed by atoms with van der Waals surface area (Å²) >= 11 is 0. The molecule has 0 amide bonds. The van der Waals surface area contributed by atoms with E-state index in [1.54, 1.807) is 0 Å². The lowest BCUT2D eigenvalue weighted by Crippen LogP contribution is -2.44. The van der Waals surface area contributed by atoms with E-state index in [2.05, 4.69) is 13.8 Å². The van der Waals surface area contributed by atoms with Gasteiger partial charge >= 0.3 is 19.8 Å². The first-order valence-electron chi connectivity index (χ1n) is 25.9. The fraction of sp³-hybridized carbons (Fsp3) is 0.846. The average Bonchev–Trinajstić information content (AvgIpc) is 3.25. The largest absolute Gasteiger partial charge is 0.472 e. The van der Waals surface area contributed by atoms with Gasteiger partial charge in [0.25, 0.3) is 0 Å². The zero-order valence-corrected chi connectivity index (χ0v) is 42.2. The first-order chi connectivity index (χ1) is 30.4. The van der Waals surface area contributed by atoms with Crippen LogP contribution in [0.4, 0.5) is 0 Å². The predicted octanol–water partition coefficient (Wildman–Crippen LogP) is 14.4. The first-order valence-corrected chi connectivity index (χ1v) is 27.4. The summed E-state index contributed by atoms with van der Waals surface area (Å²) in [5, 5.41) is 0. The molecule has 10 nitrogen and oxygen atoms in total. The average molecular weight is 911 g/mol. The second-order valence-corrected chi connectivity index (χ2v) is 20.6. The summed E-state index contributed by atoms with van der Waals surface area (Å²) in [5.41, 5.74) is 0.982. The van der Waals surface area contributed by atoms with Crippen molar-refractivity contribution in [3.05, 3.63) is 35.9 Å². The standard InChI is InChI=1S/C52H96NO9P/c1-6-8-10-12-14-16-18-20-22-24-26-28-30-32-37-41-51(54)59-45-50(62-52(55)42-38-33-31-29-27-25-23-21-19-17-15-13-11-9-7-2)47-61-63(56,57)60-46-49(43-53(3,4)5)58-44-48-39-35-34-36-40-48/h34-36,39-40,49-50H,6-33,37-38,41-47H2,1-5H3/p+1. The van der Waals surface area contributed by atoms with E-state index in [9.17, 15) is 19.0 Å². The molecule has 0 radical (unpaired) electrons. The van der Waals surface area contributed by atoms with Crippen molar-refractivity contribution >= 4 is 19.8 Å². The van der Waals surface area contributed by atoms with Crippen LogP contribution in [0, 0.1) is 0 Å². The highest BCUT2D eigenvalue weighted by molar-refractivity contribution is 7.47. The van der Waals surface area contributed by atoms with Crippen molar-refractivity contribution in [2.75, 3.05) is 47.5 Å². The van der Waals surface area contributed by atoms with Gasteiger partial charge < -0.3 is 23.6 Å². The number of quaternary nitrogens is 1. The normalized spacial score (nSPS) is 13.7. The second-order valence-electron chi connectivity index (χ2n) is 19.1. The Bertz CT molecular complexity index is 1240. The minimum atomic E-state index is -4.57. The van der Waals surface area contributed by atoms with Gasteiger partial charge in [0, 0.05) is 12.8 Å². The molecule has 3 unspecified atom stereocenters. The number of phosphoric ester groups is 1. The Hall–Kier alpha value is -1.81. The molecule has 63 heavy (non-hydrogen) atoms. The van der Waals surface area contributed by atoms with Gasteiger partial charge in [0.2, 0.25) is 0 Å². The molecular weight excluding hydrogens is 814 g/mol. The third-order valence-corrected chi connectivity index (χ3v) is 12.6. The summed E-state index contributed by atoms with van der Waals surface area (Å²) in [6.07, 6.45) is 36.2. The van der Waals surface area contributed by atoms with Gasteiger partial charge in [0.05, 0.1) is 41.0 Å². The van der Waals surface area contributed by atoms with E-state index < -0.39 is 32.6 Å². The molecule has 0 fully saturated rings. The predicted molar refractivity (Wildman–Crippen MR) is 260 cm³/mol. The number of rotatable bonds is 46. The van der Waals surface area contributed by atoms with Crippen molar-refractivity contribution in [1.82, 2.24) is 0 Å². The van der Waals surface area contributed by atoms with Crippen LogP contribution in [0.15, 0.2) is 30.3 Å². The highest BCUT2D eigenvalue weighted by Crippen LogP contribution is 2.43. The molecule has 1 aromatic carbocycles. The number of carbonyl (C=O) groups is 2. The van der Waals surface area contributed by atoms with Crippen molar-refractivity contribution in [1.29, 1.82) is 0 Å². The van der Waals surface area contributed by atoms with Gasteiger partial charge in [-0.15, -0.1) is 0 Å². The van der Waals surface area contributed by atoms with Crippen LogP contribution in [-0.2, 0) is 44.0 Å².